The van der Waals surface area contributed by atoms with E-state index in [0.29, 0.717) is 24.0 Å². The summed E-state index contributed by atoms with van der Waals surface area (Å²) in [5, 5.41) is 9.90. The van der Waals surface area contributed by atoms with Crippen LogP contribution in [0.25, 0.3) is 0 Å². The Hall–Kier alpha value is -0.580. The van der Waals surface area contributed by atoms with Gasteiger partial charge in [0, 0.05) is 10.5 Å². The van der Waals surface area contributed by atoms with E-state index in [4.69, 9.17) is 4.74 Å². The van der Waals surface area contributed by atoms with E-state index < -0.39 is 6.10 Å². The Balaban J connectivity index is 2.23. The summed E-state index contributed by atoms with van der Waals surface area (Å²) in [4.78, 5) is 0.818. The van der Waals surface area contributed by atoms with E-state index in [1.807, 2.05) is 6.07 Å². The van der Waals surface area contributed by atoms with Crippen molar-refractivity contribution < 1.29 is 14.2 Å². The Bertz CT molecular complexity index is 350. The zero-order valence-corrected chi connectivity index (χ0v) is 9.26. The highest BCUT2D eigenvalue weighted by Crippen LogP contribution is 2.34. The minimum Gasteiger partial charge on any atom is -0.389 e. The van der Waals surface area contributed by atoms with Crippen LogP contribution in [0.4, 0.5) is 4.39 Å². The van der Waals surface area contributed by atoms with Crippen molar-refractivity contribution in [2.45, 2.75) is 23.2 Å². The van der Waals surface area contributed by atoms with Gasteiger partial charge in [-0.05, 0) is 19.1 Å². The molecule has 4 heteroatoms. The van der Waals surface area contributed by atoms with Gasteiger partial charge in [-0.3, -0.25) is 0 Å². The predicted octanol–water partition coefficient (Wildman–Crippen LogP) is 2.37. The van der Waals surface area contributed by atoms with E-state index >= 15 is 0 Å². The fourth-order valence-electron chi connectivity index (χ4n) is 1.49. The molecule has 0 radical (unpaired) electrons. The van der Waals surface area contributed by atoms with Gasteiger partial charge in [0.15, 0.2) is 0 Å². The van der Waals surface area contributed by atoms with Gasteiger partial charge in [-0.25, -0.2) is 4.39 Å². The number of aliphatic hydroxyl groups excluding tert-OH is 1. The lowest BCUT2D eigenvalue weighted by Gasteiger charge is -2.26. The quantitative estimate of drug-likeness (QED) is 0.861. The molecule has 1 aliphatic heterocycles. The maximum atomic E-state index is 13.5. The molecule has 0 aliphatic carbocycles. The van der Waals surface area contributed by atoms with Crippen molar-refractivity contribution in [3.63, 3.8) is 0 Å². The molecular weight excluding hydrogens is 215 g/mol. The van der Waals surface area contributed by atoms with Gasteiger partial charge in [0.05, 0.1) is 24.6 Å². The zero-order chi connectivity index (χ0) is 10.8. The smallest absolute Gasteiger partial charge is 0.130 e. The number of ether oxygens (including phenoxy) is 1. The average molecular weight is 228 g/mol. The van der Waals surface area contributed by atoms with Crippen LogP contribution < -0.4 is 0 Å². The summed E-state index contributed by atoms with van der Waals surface area (Å²) in [5.41, 5.74) is 0.398. The van der Waals surface area contributed by atoms with Crippen LogP contribution in [0.2, 0.25) is 0 Å². The first kappa shape index (κ1) is 10.9. The van der Waals surface area contributed by atoms with E-state index in [1.54, 1.807) is 24.8 Å². The molecule has 0 spiro atoms. The van der Waals surface area contributed by atoms with Gasteiger partial charge < -0.3 is 9.84 Å². The lowest BCUT2D eigenvalue weighted by atomic mass is 10.1. The molecule has 1 fully saturated rings. The minimum absolute atomic E-state index is 0.338. The van der Waals surface area contributed by atoms with E-state index in [2.05, 4.69) is 0 Å². The average Bonchev–Trinajstić information content (AvgIpc) is 2.10. The zero-order valence-electron chi connectivity index (χ0n) is 8.44. The lowest BCUT2D eigenvalue weighted by molar-refractivity contribution is 0.0454. The van der Waals surface area contributed by atoms with Crippen LogP contribution in [0, 0.1) is 5.82 Å². The fourth-order valence-corrected chi connectivity index (χ4v) is 2.73. The molecule has 1 atom stereocenters. The fraction of sp³-hybridized carbons (Fsp3) is 0.455. The summed E-state index contributed by atoms with van der Waals surface area (Å²) >= 11 is 1.57. The van der Waals surface area contributed by atoms with Gasteiger partial charge in [0.1, 0.15) is 5.82 Å². The van der Waals surface area contributed by atoms with Gasteiger partial charge in [-0.1, -0.05) is 6.07 Å². The molecule has 0 saturated carbocycles. The van der Waals surface area contributed by atoms with Crippen molar-refractivity contribution in [2.75, 3.05) is 13.2 Å². The van der Waals surface area contributed by atoms with Gasteiger partial charge in [-0.15, -0.1) is 11.8 Å². The third-order valence-electron chi connectivity index (χ3n) is 2.33. The SMILES string of the molecule is C[C@H](O)c1c(F)cccc1SC1COC1. The second-order valence-electron chi connectivity index (χ2n) is 3.60. The van der Waals surface area contributed by atoms with Crippen molar-refractivity contribution in [3.05, 3.63) is 29.6 Å². The highest BCUT2D eigenvalue weighted by atomic mass is 32.2. The Kier molecular flexibility index (Phi) is 3.29. The first-order valence-electron chi connectivity index (χ1n) is 4.89. The number of rotatable bonds is 3. The van der Waals surface area contributed by atoms with Gasteiger partial charge >= 0.3 is 0 Å². The molecule has 82 valence electrons. The molecule has 1 aromatic rings. The van der Waals surface area contributed by atoms with Crippen molar-refractivity contribution >= 4 is 11.8 Å². The molecule has 2 rings (SSSR count). The molecule has 1 saturated heterocycles. The summed E-state index contributed by atoms with van der Waals surface area (Å²) in [6.07, 6.45) is -0.769. The monoisotopic (exact) mass is 228 g/mol. The highest BCUT2D eigenvalue weighted by molar-refractivity contribution is 8.00. The summed E-state index contributed by atoms with van der Waals surface area (Å²) in [6.45, 7) is 3.00. The van der Waals surface area contributed by atoms with Gasteiger partial charge in [0.25, 0.3) is 0 Å². The number of hydrogen-bond donors (Lipinski definition) is 1. The second kappa shape index (κ2) is 4.51. The van der Waals surface area contributed by atoms with E-state index in [0.717, 1.165) is 4.90 Å². The van der Waals surface area contributed by atoms with E-state index in [-0.39, 0.29) is 5.82 Å². The van der Waals surface area contributed by atoms with Crippen molar-refractivity contribution in [1.82, 2.24) is 0 Å². The number of hydrogen-bond acceptors (Lipinski definition) is 3. The van der Waals surface area contributed by atoms with Crippen LogP contribution in [-0.2, 0) is 4.74 Å². The number of benzene rings is 1. The molecule has 2 nitrogen and oxygen atoms in total. The van der Waals surface area contributed by atoms with Crippen LogP contribution >= 0.6 is 11.8 Å². The van der Waals surface area contributed by atoms with Crippen LogP contribution in [0.5, 0.6) is 0 Å². The van der Waals surface area contributed by atoms with Crippen molar-refractivity contribution in [2.24, 2.45) is 0 Å². The van der Waals surface area contributed by atoms with Crippen LogP contribution in [0.3, 0.4) is 0 Å². The molecule has 1 heterocycles. The third-order valence-corrected chi connectivity index (χ3v) is 3.55. The Labute approximate surface area is 92.4 Å². The molecule has 0 bridgehead atoms. The molecule has 1 aromatic carbocycles. The normalized spacial score (nSPS) is 18.6. The van der Waals surface area contributed by atoms with E-state index in [9.17, 15) is 9.50 Å². The molecule has 1 N–H and O–H groups in total. The Morgan fingerprint density at radius 3 is 2.80 bits per heavy atom. The summed E-state index contributed by atoms with van der Waals surface area (Å²) in [7, 11) is 0. The Morgan fingerprint density at radius 2 is 2.27 bits per heavy atom. The number of aliphatic hydroxyl groups is 1. The lowest BCUT2D eigenvalue weighted by Crippen LogP contribution is -2.30. The molecular formula is C11H13FO2S. The maximum Gasteiger partial charge on any atom is 0.130 e. The summed E-state index contributed by atoms with van der Waals surface area (Å²) < 4.78 is 18.5. The summed E-state index contributed by atoms with van der Waals surface area (Å²) in [5.74, 6) is -0.338. The van der Waals surface area contributed by atoms with Crippen LogP contribution in [0.15, 0.2) is 23.1 Å². The topological polar surface area (TPSA) is 29.5 Å². The van der Waals surface area contributed by atoms with Gasteiger partial charge in [0.2, 0.25) is 0 Å². The largest absolute Gasteiger partial charge is 0.389 e. The first-order valence-corrected chi connectivity index (χ1v) is 5.77. The molecule has 15 heavy (non-hydrogen) atoms. The predicted molar refractivity (Wildman–Crippen MR) is 57.5 cm³/mol. The van der Waals surface area contributed by atoms with Crippen molar-refractivity contribution in [3.8, 4) is 0 Å². The van der Waals surface area contributed by atoms with Crippen LogP contribution in [0.1, 0.15) is 18.6 Å². The standard InChI is InChI=1S/C11H13FO2S/c1-7(13)11-9(12)3-2-4-10(11)15-8-5-14-6-8/h2-4,7-8,13H,5-6H2,1H3/t7-/m0/s1. The van der Waals surface area contributed by atoms with E-state index in [1.165, 1.54) is 6.07 Å². The molecule has 0 aromatic heterocycles. The number of halogens is 1. The minimum atomic E-state index is -0.769. The third kappa shape index (κ3) is 2.33. The maximum absolute atomic E-state index is 13.5. The second-order valence-corrected chi connectivity index (χ2v) is 4.95. The number of thioether (sulfide) groups is 1. The molecule has 1 aliphatic rings. The Morgan fingerprint density at radius 1 is 1.53 bits per heavy atom. The van der Waals surface area contributed by atoms with Gasteiger partial charge in [-0.2, -0.15) is 0 Å². The molecule has 0 unspecified atom stereocenters. The van der Waals surface area contributed by atoms with Crippen LogP contribution in [-0.4, -0.2) is 23.6 Å². The van der Waals surface area contributed by atoms with Crippen molar-refractivity contribution in [1.29, 1.82) is 0 Å². The summed E-state index contributed by atoms with van der Waals surface area (Å²) in [6, 6.07) is 4.89. The molecule has 0 amide bonds. The highest BCUT2D eigenvalue weighted by Gasteiger charge is 2.22. The first-order chi connectivity index (χ1) is 7.18.